The zero-order valence-electron chi connectivity index (χ0n) is 5.82. The van der Waals surface area contributed by atoms with E-state index >= 15 is 0 Å². The molecule has 5 heteroatoms. The van der Waals surface area contributed by atoms with Gasteiger partial charge in [-0.1, -0.05) is 0 Å². The summed E-state index contributed by atoms with van der Waals surface area (Å²) in [6.07, 6.45) is 1.87. The van der Waals surface area contributed by atoms with Gasteiger partial charge in [0.1, 0.15) is 0 Å². The maximum atomic E-state index is 4.22. The monoisotopic (exact) mass is 212 g/mol. The lowest BCUT2D eigenvalue weighted by atomic mass is 10.1. The third-order valence-electron chi connectivity index (χ3n) is 1.58. The Morgan fingerprint density at radius 1 is 1.45 bits per heavy atom. The third kappa shape index (κ3) is 2.30. The lowest BCUT2D eigenvalue weighted by molar-refractivity contribution is 0.447. The van der Waals surface area contributed by atoms with Crippen LogP contribution in [0, 0.1) is 0 Å². The van der Waals surface area contributed by atoms with Crippen molar-refractivity contribution >= 4 is 36.2 Å². The number of rotatable bonds is 1. The third-order valence-corrected chi connectivity index (χ3v) is 2.52. The SMILES string of the molecule is Cl.Cl.c1csc(C2CNC2)n1. The maximum Gasteiger partial charge on any atom is 0.0981 e. The van der Waals surface area contributed by atoms with Crippen molar-refractivity contribution in [3.8, 4) is 0 Å². The van der Waals surface area contributed by atoms with Crippen LogP contribution < -0.4 is 5.32 Å². The highest BCUT2D eigenvalue weighted by Crippen LogP contribution is 2.20. The van der Waals surface area contributed by atoms with Gasteiger partial charge in [-0.2, -0.15) is 0 Å². The highest BCUT2D eigenvalue weighted by atomic mass is 35.5. The zero-order valence-corrected chi connectivity index (χ0v) is 8.27. The molecule has 0 unspecified atom stereocenters. The molecule has 0 bridgehead atoms. The second-order valence-corrected chi connectivity index (χ2v) is 3.15. The Labute approximate surface area is 82.2 Å². The van der Waals surface area contributed by atoms with E-state index in [1.807, 2.05) is 11.6 Å². The molecule has 0 radical (unpaired) electrons. The van der Waals surface area contributed by atoms with Crippen LogP contribution in [0.15, 0.2) is 11.6 Å². The van der Waals surface area contributed by atoms with Crippen molar-refractivity contribution in [2.45, 2.75) is 5.92 Å². The van der Waals surface area contributed by atoms with Gasteiger partial charge in [0.15, 0.2) is 0 Å². The summed E-state index contributed by atoms with van der Waals surface area (Å²) in [4.78, 5) is 4.22. The number of halogens is 2. The molecule has 2 heterocycles. The standard InChI is InChI=1S/C6H8N2S.2ClH/c1-2-9-6(8-1)5-3-7-4-5;;/h1-2,5,7H,3-4H2;2*1H. The molecule has 0 saturated carbocycles. The summed E-state index contributed by atoms with van der Waals surface area (Å²) in [5, 5.41) is 6.54. The molecule has 1 aromatic rings. The molecule has 1 aromatic heterocycles. The minimum absolute atomic E-state index is 0. The fourth-order valence-electron chi connectivity index (χ4n) is 0.899. The quantitative estimate of drug-likeness (QED) is 0.767. The summed E-state index contributed by atoms with van der Waals surface area (Å²) in [5.41, 5.74) is 0. The predicted octanol–water partition coefficient (Wildman–Crippen LogP) is 1.67. The van der Waals surface area contributed by atoms with E-state index in [2.05, 4.69) is 10.3 Å². The number of aromatic nitrogens is 1. The van der Waals surface area contributed by atoms with Gasteiger partial charge in [-0.15, -0.1) is 36.2 Å². The predicted molar refractivity (Wildman–Crippen MR) is 52.2 cm³/mol. The number of nitrogens with one attached hydrogen (secondary N) is 1. The van der Waals surface area contributed by atoms with Crippen molar-refractivity contribution in [3.63, 3.8) is 0 Å². The highest BCUT2D eigenvalue weighted by Gasteiger charge is 2.20. The first-order valence-corrected chi connectivity index (χ1v) is 3.95. The molecule has 1 N–H and O–H groups in total. The van der Waals surface area contributed by atoms with Crippen LogP contribution in [0.5, 0.6) is 0 Å². The summed E-state index contributed by atoms with van der Waals surface area (Å²) >= 11 is 1.76. The average molecular weight is 213 g/mol. The van der Waals surface area contributed by atoms with Gasteiger partial charge in [0.05, 0.1) is 5.01 Å². The van der Waals surface area contributed by atoms with E-state index in [0.29, 0.717) is 5.92 Å². The number of hydrogen-bond donors (Lipinski definition) is 1. The molecule has 1 fully saturated rings. The molecule has 2 nitrogen and oxygen atoms in total. The average Bonchev–Trinajstić information content (AvgIpc) is 2.11. The van der Waals surface area contributed by atoms with Gasteiger partial charge in [-0.25, -0.2) is 4.98 Å². The fourth-order valence-corrected chi connectivity index (χ4v) is 1.64. The molecule has 0 aliphatic carbocycles. The summed E-state index contributed by atoms with van der Waals surface area (Å²) < 4.78 is 0. The van der Waals surface area contributed by atoms with Crippen LogP contribution in [-0.4, -0.2) is 18.1 Å². The largest absolute Gasteiger partial charge is 0.315 e. The van der Waals surface area contributed by atoms with Crippen LogP contribution in [0.25, 0.3) is 0 Å². The lowest BCUT2D eigenvalue weighted by Gasteiger charge is -2.24. The Bertz CT molecular complexity index is 186. The van der Waals surface area contributed by atoms with Crippen molar-refractivity contribution in [1.29, 1.82) is 0 Å². The molecule has 11 heavy (non-hydrogen) atoms. The van der Waals surface area contributed by atoms with Gasteiger partial charge in [-0.05, 0) is 0 Å². The molecule has 0 atom stereocenters. The number of hydrogen-bond acceptors (Lipinski definition) is 3. The first kappa shape index (κ1) is 11.2. The normalized spacial score (nSPS) is 16.0. The molecule has 1 aliphatic rings. The van der Waals surface area contributed by atoms with Crippen LogP contribution in [0.3, 0.4) is 0 Å². The first-order chi connectivity index (χ1) is 4.47. The molecule has 1 saturated heterocycles. The van der Waals surface area contributed by atoms with Crippen molar-refractivity contribution < 1.29 is 0 Å². The van der Waals surface area contributed by atoms with Crippen molar-refractivity contribution in [3.05, 3.63) is 16.6 Å². The highest BCUT2D eigenvalue weighted by molar-refractivity contribution is 7.09. The van der Waals surface area contributed by atoms with Gasteiger partial charge < -0.3 is 5.32 Å². The van der Waals surface area contributed by atoms with Gasteiger partial charge in [0, 0.05) is 30.6 Å². The Morgan fingerprint density at radius 2 is 2.18 bits per heavy atom. The van der Waals surface area contributed by atoms with E-state index < -0.39 is 0 Å². The first-order valence-electron chi connectivity index (χ1n) is 3.07. The second-order valence-electron chi connectivity index (χ2n) is 2.23. The summed E-state index contributed by atoms with van der Waals surface area (Å²) in [6, 6.07) is 0. The molecule has 1 aliphatic heterocycles. The zero-order chi connectivity index (χ0) is 6.10. The number of nitrogens with zero attached hydrogens (tertiary/aromatic N) is 1. The van der Waals surface area contributed by atoms with E-state index in [1.54, 1.807) is 11.3 Å². The van der Waals surface area contributed by atoms with Crippen molar-refractivity contribution in [2.75, 3.05) is 13.1 Å². The van der Waals surface area contributed by atoms with E-state index in [0.717, 1.165) is 13.1 Å². The van der Waals surface area contributed by atoms with Crippen molar-refractivity contribution in [2.24, 2.45) is 0 Å². The Hall–Kier alpha value is 0.170. The van der Waals surface area contributed by atoms with Crippen LogP contribution in [0.1, 0.15) is 10.9 Å². The molecule has 2 rings (SSSR count). The molecular weight excluding hydrogens is 203 g/mol. The second kappa shape index (κ2) is 4.93. The fraction of sp³-hybridized carbons (Fsp3) is 0.500. The summed E-state index contributed by atoms with van der Waals surface area (Å²) in [5.74, 6) is 0.713. The molecular formula is C6H10Cl2N2S. The van der Waals surface area contributed by atoms with E-state index in [4.69, 9.17) is 0 Å². The summed E-state index contributed by atoms with van der Waals surface area (Å²) in [6.45, 7) is 2.24. The van der Waals surface area contributed by atoms with E-state index in [1.165, 1.54) is 5.01 Å². The van der Waals surface area contributed by atoms with Crippen LogP contribution in [0.4, 0.5) is 0 Å². The maximum absolute atomic E-state index is 4.22. The van der Waals surface area contributed by atoms with E-state index in [-0.39, 0.29) is 24.8 Å². The van der Waals surface area contributed by atoms with Crippen molar-refractivity contribution in [1.82, 2.24) is 10.3 Å². The minimum Gasteiger partial charge on any atom is -0.315 e. The Morgan fingerprint density at radius 3 is 2.55 bits per heavy atom. The lowest BCUT2D eigenvalue weighted by Crippen LogP contribution is -2.39. The topological polar surface area (TPSA) is 24.9 Å². The van der Waals surface area contributed by atoms with Gasteiger partial charge >= 0.3 is 0 Å². The van der Waals surface area contributed by atoms with Gasteiger partial charge in [0.25, 0.3) is 0 Å². The smallest absolute Gasteiger partial charge is 0.0981 e. The van der Waals surface area contributed by atoms with Crippen LogP contribution >= 0.6 is 36.2 Å². The van der Waals surface area contributed by atoms with Gasteiger partial charge in [0.2, 0.25) is 0 Å². The van der Waals surface area contributed by atoms with Gasteiger partial charge in [-0.3, -0.25) is 0 Å². The minimum atomic E-state index is 0. The molecule has 64 valence electrons. The Kier molecular flexibility index (Phi) is 5.01. The molecule has 0 amide bonds. The van der Waals surface area contributed by atoms with Crippen LogP contribution in [-0.2, 0) is 0 Å². The number of thiazole rings is 1. The summed E-state index contributed by atoms with van der Waals surface area (Å²) in [7, 11) is 0. The Balaban J connectivity index is 0.000000500. The van der Waals surface area contributed by atoms with E-state index in [9.17, 15) is 0 Å². The van der Waals surface area contributed by atoms with Crippen LogP contribution in [0.2, 0.25) is 0 Å². The molecule has 0 aromatic carbocycles. The molecule has 0 spiro atoms.